The van der Waals surface area contributed by atoms with Gasteiger partial charge in [-0.1, -0.05) is 12.1 Å². The summed E-state index contributed by atoms with van der Waals surface area (Å²) in [6, 6.07) is 13.8. The molecule has 0 aliphatic rings. The normalized spacial score (nSPS) is 9.61. The summed E-state index contributed by atoms with van der Waals surface area (Å²) < 4.78 is 15.7. The Kier molecular flexibility index (Phi) is 5.42. The van der Waals surface area contributed by atoms with Crippen molar-refractivity contribution >= 4 is 11.6 Å². The molecule has 0 aliphatic carbocycles. The summed E-state index contributed by atoms with van der Waals surface area (Å²) in [4.78, 5) is 12.0. The average Bonchev–Trinajstić information content (AvgIpc) is 2.60. The van der Waals surface area contributed by atoms with Crippen LogP contribution in [0.25, 0.3) is 0 Å². The molecule has 0 radical (unpaired) electrons. The second-order valence-electron chi connectivity index (χ2n) is 4.54. The number of carbonyl (C=O) groups is 1. The van der Waals surface area contributed by atoms with E-state index < -0.39 is 0 Å². The van der Waals surface area contributed by atoms with Crippen molar-refractivity contribution in [1.82, 2.24) is 0 Å². The molecular weight excluding hydrogens is 296 g/mol. The molecule has 2 aromatic rings. The molecule has 1 N–H and O–H groups in total. The summed E-state index contributed by atoms with van der Waals surface area (Å²) >= 11 is 0. The monoisotopic (exact) mass is 312 g/mol. The van der Waals surface area contributed by atoms with Gasteiger partial charge >= 0.3 is 0 Å². The molecule has 118 valence electrons. The van der Waals surface area contributed by atoms with Gasteiger partial charge in [0.1, 0.15) is 23.3 Å². The van der Waals surface area contributed by atoms with Gasteiger partial charge in [0.2, 0.25) is 0 Å². The van der Waals surface area contributed by atoms with E-state index in [2.05, 4.69) is 5.32 Å². The van der Waals surface area contributed by atoms with E-state index in [0.717, 1.165) is 0 Å². The summed E-state index contributed by atoms with van der Waals surface area (Å²) in [5, 5.41) is 11.6. The van der Waals surface area contributed by atoms with Gasteiger partial charge in [-0.05, 0) is 12.1 Å². The third kappa shape index (κ3) is 4.38. The quantitative estimate of drug-likeness (QED) is 0.886. The van der Waals surface area contributed by atoms with E-state index in [1.54, 1.807) is 42.5 Å². The highest BCUT2D eigenvalue weighted by Crippen LogP contribution is 2.27. The predicted octanol–water partition coefficient (Wildman–Crippen LogP) is 2.59. The fourth-order valence-corrected chi connectivity index (χ4v) is 1.89. The molecule has 0 spiro atoms. The number of rotatable bonds is 6. The van der Waals surface area contributed by atoms with Crippen LogP contribution in [0.2, 0.25) is 0 Å². The Labute approximate surface area is 134 Å². The fraction of sp³-hybridized carbons (Fsp3) is 0.176. The molecule has 2 aromatic carbocycles. The van der Waals surface area contributed by atoms with Crippen LogP contribution in [0.15, 0.2) is 42.5 Å². The number of hydrogen-bond acceptors (Lipinski definition) is 5. The van der Waals surface area contributed by atoms with Crippen LogP contribution in [0, 0.1) is 11.3 Å². The molecule has 0 heterocycles. The van der Waals surface area contributed by atoms with Crippen LogP contribution in [0.1, 0.15) is 5.56 Å². The molecule has 0 saturated carbocycles. The maximum absolute atomic E-state index is 12.0. The number of nitrogens with zero attached hydrogens (tertiary/aromatic N) is 1. The van der Waals surface area contributed by atoms with Gasteiger partial charge in [-0.2, -0.15) is 5.26 Å². The van der Waals surface area contributed by atoms with Gasteiger partial charge in [-0.25, -0.2) is 0 Å². The van der Waals surface area contributed by atoms with Crippen LogP contribution in [-0.2, 0) is 4.79 Å². The summed E-state index contributed by atoms with van der Waals surface area (Å²) in [6.45, 7) is -0.198. The number of amides is 1. The number of ether oxygens (including phenoxy) is 3. The standard InChI is InChI=1S/C17H16N2O4/c1-21-13-7-14(22-2)9-15(8-13)23-11-17(20)19-16-6-4-3-5-12(16)10-18/h3-9H,11H2,1-2H3,(H,19,20). The largest absolute Gasteiger partial charge is 0.496 e. The molecule has 0 aliphatic heterocycles. The van der Waals surface area contributed by atoms with Crippen LogP contribution in [0.4, 0.5) is 5.69 Å². The van der Waals surface area contributed by atoms with Crippen LogP contribution in [0.3, 0.4) is 0 Å². The molecule has 0 atom stereocenters. The lowest BCUT2D eigenvalue weighted by atomic mass is 10.2. The second-order valence-corrected chi connectivity index (χ2v) is 4.54. The van der Waals surface area contributed by atoms with E-state index in [1.165, 1.54) is 14.2 Å². The Balaban J connectivity index is 2.01. The van der Waals surface area contributed by atoms with E-state index in [9.17, 15) is 4.79 Å². The molecule has 2 rings (SSSR count). The first-order chi connectivity index (χ1) is 11.2. The van der Waals surface area contributed by atoms with Gasteiger partial charge in [-0.3, -0.25) is 4.79 Å². The summed E-state index contributed by atoms with van der Waals surface area (Å²) in [7, 11) is 3.06. The molecule has 6 nitrogen and oxygen atoms in total. The number of para-hydroxylation sites is 1. The number of carbonyl (C=O) groups excluding carboxylic acids is 1. The average molecular weight is 312 g/mol. The molecule has 6 heteroatoms. The molecule has 0 aromatic heterocycles. The topological polar surface area (TPSA) is 80.6 Å². The zero-order valence-corrected chi connectivity index (χ0v) is 12.8. The lowest BCUT2D eigenvalue weighted by molar-refractivity contribution is -0.118. The van der Waals surface area contributed by atoms with E-state index in [1.807, 2.05) is 6.07 Å². The Hall–Kier alpha value is -3.20. The van der Waals surface area contributed by atoms with Gasteiger partial charge in [0.15, 0.2) is 6.61 Å². The molecule has 1 amide bonds. The lowest BCUT2D eigenvalue weighted by Crippen LogP contribution is -2.20. The number of benzene rings is 2. The highest BCUT2D eigenvalue weighted by atomic mass is 16.5. The second kappa shape index (κ2) is 7.71. The smallest absolute Gasteiger partial charge is 0.262 e. The minimum Gasteiger partial charge on any atom is -0.496 e. The van der Waals surface area contributed by atoms with E-state index in [-0.39, 0.29) is 12.5 Å². The van der Waals surface area contributed by atoms with E-state index in [4.69, 9.17) is 19.5 Å². The summed E-state index contributed by atoms with van der Waals surface area (Å²) in [5.74, 6) is 1.21. The van der Waals surface area contributed by atoms with Gasteiger partial charge in [0.25, 0.3) is 5.91 Å². The van der Waals surface area contributed by atoms with E-state index >= 15 is 0 Å². The molecule has 0 unspecified atom stereocenters. The van der Waals surface area contributed by atoms with Crippen LogP contribution < -0.4 is 19.5 Å². The number of methoxy groups -OCH3 is 2. The molecule has 0 bridgehead atoms. The Morgan fingerprint density at radius 3 is 2.30 bits per heavy atom. The van der Waals surface area contributed by atoms with Crippen molar-refractivity contribution in [2.24, 2.45) is 0 Å². The van der Waals surface area contributed by atoms with E-state index in [0.29, 0.717) is 28.5 Å². The lowest BCUT2D eigenvalue weighted by Gasteiger charge is -2.11. The number of nitriles is 1. The SMILES string of the molecule is COc1cc(OC)cc(OCC(=O)Nc2ccccc2C#N)c1. The van der Waals surface area contributed by atoms with Gasteiger partial charge < -0.3 is 19.5 Å². The summed E-state index contributed by atoms with van der Waals surface area (Å²) in [5.41, 5.74) is 0.843. The maximum Gasteiger partial charge on any atom is 0.262 e. The van der Waals surface area contributed by atoms with Crippen LogP contribution >= 0.6 is 0 Å². The fourth-order valence-electron chi connectivity index (χ4n) is 1.89. The Morgan fingerprint density at radius 2 is 1.70 bits per heavy atom. The first kappa shape index (κ1) is 16.2. The van der Waals surface area contributed by atoms with Crippen molar-refractivity contribution in [3.63, 3.8) is 0 Å². The Bertz CT molecular complexity index is 715. The predicted molar refractivity (Wildman–Crippen MR) is 84.8 cm³/mol. The number of anilines is 1. The highest BCUT2D eigenvalue weighted by Gasteiger charge is 2.08. The molecule has 0 saturated heterocycles. The first-order valence-electron chi connectivity index (χ1n) is 6.81. The number of hydrogen-bond donors (Lipinski definition) is 1. The molecule has 23 heavy (non-hydrogen) atoms. The summed E-state index contributed by atoms with van der Waals surface area (Å²) in [6.07, 6.45) is 0. The van der Waals surface area contributed by atoms with Crippen LogP contribution in [0.5, 0.6) is 17.2 Å². The number of nitrogens with one attached hydrogen (secondary N) is 1. The minimum absolute atomic E-state index is 0.198. The Morgan fingerprint density at radius 1 is 1.09 bits per heavy atom. The van der Waals surface area contributed by atoms with Crippen molar-refractivity contribution in [2.75, 3.05) is 26.1 Å². The van der Waals surface area contributed by atoms with Gasteiger partial charge in [-0.15, -0.1) is 0 Å². The maximum atomic E-state index is 12.0. The zero-order chi connectivity index (χ0) is 16.7. The van der Waals surface area contributed by atoms with Crippen molar-refractivity contribution in [2.45, 2.75) is 0 Å². The zero-order valence-electron chi connectivity index (χ0n) is 12.8. The van der Waals surface area contributed by atoms with Crippen molar-refractivity contribution in [3.05, 3.63) is 48.0 Å². The first-order valence-corrected chi connectivity index (χ1v) is 6.81. The molecule has 0 fully saturated rings. The third-order valence-corrected chi connectivity index (χ3v) is 3.02. The van der Waals surface area contributed by atoms with Crippen molar-refractivity contribution in [3.8, 4) is 23.3 Å². The van der Waals surface area contributed by atoms with Gasteiger partial charge in [0.05, 0.1) is 25.5 Å². The van der Waals surface area contributed by atoms with Crippen molar-refractivity contribution in [1.29, 1.82) is 5.26 Å². The minimum atomic E-state index is -0.366. The third-order valence-electron chi connectivity index (χ3n) is 3.02. The van der Waals surface area contributed by atoms with Gasteiger partial charge in [0, 0.05) is 18.2 Å². The molecular formula is C17H16N2O4. The van der Waals surface area contributed by atoms with Crippen molar-refractivity contribution < 1.29 is 19.0 Å². The highest BCUT2D eigenvalue weighted by molar-refractivity contribution is 5.93. The van der Waals surface area contributed by atoms with Crippen LogP contribution in [-0.4, -0.2) is 26.7 Å².